The molecule has 4 N–H and O–H groups in total. The fourth-order valence-corrected chi connectivity index (χ4v) is 5.10. The predicted molar refractivity (Wildman–Crippen MR) is 146 cm³/mol. The Kier molecular flexibility index (Phi) is 5.36. The lowest BCUT2D eigenvalue weighted by atomic mass is 10.0. The largest absolute Gasteiger partial charge is 0.383 e. The van der Waals surface area contributed by atoms with Crippen molar-refractivity contribution in [3.8, 4) is 21.8 Å². The Morgan fingerprint density at radius 3 is 2.36 bits per heavy atom. The van der Waals surface area contributed by atoms with Gasteiger partial charge in [-0.15, -0.1) is 21.5 Å². The quantitative estimate of drug-likeness (QED) is 0.243. The minimum Gasteiger partial charge on any atom is -0.383 e. The van der Waals surface area contributed by atoms with E-state index in [1.807, 2.05) is 55.5 Å². The van der Waals surface area contributed by atoms with Crippen LogP contribution in [0, 0.1) is 6.92 Å². The molecule has 0 amide bonds. The number of aromatic nitrogens is 4. The molecular weight excluding hydrogens is 492 g/mol. The Morgan fingerprint density at radius 2 is 1.61 bits per heavy atom. The maximum absolute atomic E-state index is 6.60. The van der Waals surface area contributed by atoms with E-state index in [1.165, 1.54) is 0 Å². The summed E-state index contributed by atoms with van der Waals surface area (Å²) < 4.78 is 2.73. The minimum absolute atomic E-state index is 0.189. The number of rotatable bonds is 4. The molecule has 36 heavy (non-hydrogen) atoms. The minimum atomic E-state index is 0.189. The van der Waals surface area contributed by atoms with Crippen LogP contribution in [-0.2, 0) is 0 Å². The van der Waals surface area contributed by atoms with Crippen LogP contribution in [0.3, 0.4) is 0 Å². The second-order valence-corrected chi connectivity index (χ2v) is 9.69. The molecule has 10 heteroatoms. The Hall–Kier alpha value is -4.34. The van der Waals surface area contributed by atoms with Crippen LogP contribution in [0.1, 0.15) is 5.56 Å². The van der Waals surface area contributed by atoms with E-state index >= 15 is 0 Å². The molecule has 176 valence electrons. The molecule has 0 radical (unpaired) electrons. The summed E-state index contributed by atoms with van der Waals surface area (Å²) >= 11 is 7.52. The average Bonchev–Trinajstić information content (AvgIpc) is 3.43. The summed E-state index contributed by atoms with van der Waals surface area (Å²) in [6.07, 6.45) is 0. The Balaban J connectivity index is 1.61. The molecule has 0 atom stereocenters. The molecule has 6 rings (SSSR count). The summed E-state index contributed by atoms with van der Waals surface area (Å²) in [4.78, 5) is 9.50. The van der Waals surface area contributed by atoms with Gasteiger partial charge in [0, 0.05) is 10.6 Å². The maximum atomic E-state index is 6.60. The van der Waals surface area contributed by atoms with Gasteiger partial charge in [-0.25, -0.2) is 14.5 Å². The van der Waals surface area contributed by atoms with E-state index in [2.05, 4.69) is 20.3 Å². The highest BCUT2D eigenvalue weighted by Gasteiger charge is 2.24. The number of nitrogens with zero attached hydrogens (tertiary/aromatic N) is 6. The molecule has 0 saturated heterocycles. The first-order chi connectivity index (χ1) is 17.5. The molecule has 0 aliphatic carbocycles. The summed E-state index contributed by atoms with van der Waals surface area (Å²) in [5.74, 6) is 0.495. The van der Waals surface area contributed by atoms with E-state index in [1.54, 1.807) is 40.1 Å². The molecule has 0 fully saturated rings. The predicted octanol–water partition coefficient (Wildman–Crippen LogP) is 7.21. The normalized spacial score (nSPS) is 11.7. The Labute approximate surface area is 214 Å². The number of fused-ring (bicyclic) bond motifs is 2. The van der Waals surface area contributed by atoms with E-state index in [-0.39, 0.29) is 5.82 Å². The highest BCUT2D eigenvalue weighted by Crippen LogP contribution is 2.42. The number of thiazole rings is 1. The number of hydrogen-bond acceptors (Lipinski definition) is 8. The summed E-state index contributed by atoms with van der Waals surface area (Å²) in [7, 11) is 0. The second kappa shape index (κ2) is 8.71. The van der Waals surface area contributed by atoms with Gasteiger partial charge in [0.05, 0.1) is 27.2 Å². The third-order valence-corrected chi connectivity index (χ3v) is 7.02. The highest BCUT2D eigenvalue weighted by atomic mass is 35.5. The van der Waals surface area contributed by atoms with E-state index in [0.717, 1.165) is 32.0 Å². The van der Waals surface area contributed by atoms with Crippen LogP contribution >= 0.6 is 22.9 Å². The van der Waals surface area contributed by atoms with Crippen LogP contribution in [0.25, 0.3) is 37.7 Å². The smallest absolute Gasteiger partial charge is 0.187 e. The molecule has 0 bridgehead atoms. The zero-order chi connectivity index (χ0) is 24.8. The number of azo groups is 1. The topological polar surface area (TPSA) is 120 Å². The Bertz CT molecular complexity index is 1740. The van der Waals surface area contributed by atoms with Gasteiger partial charge in [0.2, 0.25) is 0 Å². The van der Waals surface area contributed by atoms with Crippen LogP contribution < -0.4 is 11.5 Å². The van der Waals surface area contributed by atoms with Crippen molar-refractivity contribution in [2.45, 2.75) is 6.92 Å². The van der Waals surface area contributed by atoms with E-state index < -0.39 is 0 Å². The molecule has 0 unspecified atom stereocenters. The first-order valence-electron chi connectivity index (χ1n) is 11.1. The van der Waals surface area contributed by atoms with E-state index in [0.29, 0.717) is 33.4 Å². The fraction of sp³-hybridized carbons (Fsp3) is 0.0385. The maximum Gasteiger partial charge on any atom is 0.187 e. The number of hydrogen-bond donors (Lipinski definition) is 2. The van der Waals surface area contributed by atoms with Crippen molar-refractivity contribution in [3.63, 3.8) is 0 Å². The van der Waals surface area contributed by atoms with Crippen molar-refractivity contribution in [3.05, 3.63) is 83.4 Å². The van der Waals surface area contributed by atoms with Gasteiger partial charge in [0.15, 0.2) is 17.2 Å². The molecule has 0 spiro atoms. The van der Waals surface area contributed by atoms with Crippen LogP contribution in [-0.4, -0.2) is 19.6 Å². The van der Waals surface area contributed by atoms with Crippen molar-refractivity contribution in [2.75, 3.05) is 11.5 Å². The average molecular weight is 511 g/mol. The van der Waals surface area contributed by atoms with Gasteiger partial charge >= 0.3 is 0 Å². The number of halogens is 1. The second-order valence-electron chi connectivity index (χ2n) is 8.22. The van der Waals surface area contributed by atoms with Crippen LogP contribution in [0.2, 0.25) is 5.02 Å². The third-order valence-electron chi connectivity index (χ3n) is 5.72. The molecule has 0 aliphatic rings. The van der Waals surface area contributed by atoms with Crippen molar-refractivity contribution < 1.29 is 0 Å². The van der Waals surface area contributed by atoms with Crippen LogP contribution in [0.4, 0.5) is 23.0 Å². The highest BCUT2D eigenvalue weighted by molar-refractivity contribution is 7.21. The Morgan fingerprint density at radius 1 is 0.861 bits per heavy atom. The molecular formula is C26H19ClN8S. The van der Waals surface area contributed by atoms with Crippen molar-refractivity contribution in [1.29, 1.82) is 0 Å². The molecule has 8 nitrogen and oxygen atoms in total. The number of aryl methyl sites for hydroxylation is 1. The molecule has 0 aliphatic heterocycles. The zero-order valence-electron chi connectivity index (χ0n) is 19.1. The van der Waals surface area contributed by atoms with Gasteiger partial charge < -0.3 is 11.5 Å². The lowest BCUT2D eigenvalue weighted by molar-refractivity contribution is 0.957. The monoisotopic (exact) mass is 510 g/mol. The van der Waals surface area contributed by atoms with Crippen molar-refractivity contribution in [1.82, 2.24) is 19.6 Å². The lowest BCUT2D eigenvalue weighted by Gasteiger charge is -2.12. The SMILES string of the molecule is Cc1ccc(-c2c(-c3nc4ccccc4s3)c(N)nc3c(N=Nc4ccc(Cl)cc4)c(N)nn23)cc1. The molecule has 0 saturated carbocycles. The molecule has 3 aromatic carbocycles. The first kappa shape index (κ1) is 22.1. The van der Waals surface area contributed by atoms with E-state index in [9.17, 15) is 0 Å². The van der Waals surface area contributed by atoms with Crippen molar-refractivity contribution in [2.24, 2.45) is 10.2 Å². The third kappa shape index (κ3) is 3.84. The molecule has 3 aromatic heterocycles. The van der Waals surface area contributed by atoms with Gasteiger partial charge in [0.25, 0.3) is 0 Å². The lowest BCUT2D eigenvalue weighted by Crippen LogP contribution is -2.05. The summed E-state index contributed by atoms with van der Waals surface area (Å²) in [6.45, 7) is 2.04. The van der Waals surface area contributed by atoms with E-state index in [4.69, 9.17) is 28.1 Å². The summed E-state index contributed by atoms with van der Waals surface area (Å²) in [6, 6.07) is 23.1. The number of para-hydroxylation sites is 1. The van der Waals surface area contributed by atoms with Gasteiger partial charge in [-0.2, -0.15) is 5.11 Å². The standard InChI is InChI=1S/C26H19ClN8S/c1-14-6-8-15(9-7-14)22-20(26-30-18-4-2-3-5-19(18)36-26)23(28)31-25-21(24(29)34-35(22)25)33-32-17-12-10-16(27)11-13-17/h2-13H,1H3,(H2,28,31)(H2,29,34). The summed E-state index contributed by atoms with van der Waals surface area (Å²) in [5.41, 5.74) is 18.6. The van der Waals surface area contributed by atoms with Gasteiger partial charge in [-0.3, -0.25) is 0 Å². The number of nitrogens with two attached hydrogens (primary N) is 2. The number of benzene rings is 3. The first-order valence-corrected chi connectivity index (χ1v) is 12.3. The number of anilines is 2. The molecule has 3 heterocycles. The molecule has 6 aromatic rings. The van der Waals surface area contributed by atoms with Gasteiger partial charge in [-0.05, 0) is 43.3 Å². The fourth-order valence-electron chi connectivity index (χ4n) is 3.95. The zero-order valence-corrected chi connectivity index (χ0v) is 20.6. The van der Waals surface area contributed by atoms with Crippen molar-refractivity contribution >= 4 is 61.8 Å². The van der Waals surface area contributed by atoms with Gasteiger partial charge in [0.1, 0.15) is 10.8 Å². The van der Waals surface area contributed by atoms with Crippen LogP contribution in [0.15, 0.2) is 83.0 Å². The van der Waals surface area contributed by atoms with Crippen LogP contribution in [0.5, 0.6) is 0 Å². The summed E-state index contributed by atoms with van der Waals surface area (Å²) in [5, 5.41) is 14.6. The van der Waals surface area contributed by atoms with Gasteiger partial charge in [-0.1, -0.05) is 53.6 Å². The number of nitrogen functional groups attached to an aromatic ring is 2.